The number of carbonyl (C=O) groups is 1. The minimum Gasteiger partial charge on any atom is -0.383 e. The van der Waals surface area contributed by atoms with Gasteiger partial charge in [0.15, 0.2) is 6.29 Å². The van der Waals surface area contributed by atoms with Crippen LogP contribution in [0.2, 0.25) is 0 Å². The van der Waals surface area contributed by atoms with Crippen molar-refractivity contribution in [3.05, 3.63) is 28.6 Å². The minimum atomic E-state index is -0.573. The number of nitrogens with zero attached hydrogens (tertiary/aromatic N) is 2. The van der Waals surface area contributed by atoms with Crippen LogP contribution in [0, 0.1) is 25.2 Å². The normalized spacial score (nSPS) is 19.0. The first-order valence-corrected chi connectivity index (χ1v) is 8.84. The molecule has 2 rings (SSSR count). The number of aromatic nitrogens is 1. The summed E-state index contributed by atoms with van der Waals surface area (Å²) >= 11 is 0. The summed E-state index contributed by atoms with van der Waals surface area (Å²) in [7, 11) is 1.67. The van der Waals surface area contributed by atoms with Crippen LogP contribution in [0.3, 0.4) is 0 Å². The monoisotopic (exact) mass is 361 g/mol. The van der Waals surface area contributed by atoms with Crippen molar-refractivity contribution < 1.29 is 19.1 Å². The van der Waals surface area contributed by atoms with Crippen LogP contribution in [0.1, 0.15) is 49.2 Å². The molecule has 0 bridgehead atoms. The van der Waals surface area contributed by atoms with E-state index in [-0.39, 0.29) is 11.6 Å². The van der Waals surface area contributed by atoms with Crippen LogP contribution in [0.5, 0.6) is 0 Å². The summed E-state index contributed by atoms with van der Waals surface area (Å²) in [6.07, 6.45) is 3.84. The molecule has 1 amide bonds. The maximum absolute atomic E-state index is 12.3. The number of hydrogen-bond donors (Lipinski definition) is 1. The number of rotatable bonds is 7. The standard InChI is InChI=1S/C19H27N3O4/c1-13-9-16(15(3)22(13)14(2)12-24-4)10-17(11-20)19(23)21-26-18-7-5-6-8-25-18/h9-10,14,18H,5-8,12H2,1-4H3,(H,21,23). The predicted octanol–water partition coefficient (Wildman–Crippen LogP) is 2.79. The van der Waals surface area contributed by atoms with Crippen molar-refractivity contribution in [1.29, 1.82) is 5.26 Å². The van der Waals surface area contributed by atoms with Gasteiger partial charge in [-0.05, 0) is 51.3 Å². The van der Waals surface area contributed by atoms with E-state index in [1.54, 1.807) is 13.2 Å². The first-order chi connectivity index (χ1) is 12.5. The van der Waals surface area contributed by atoms with E-state index >= 15 is 0 Å². The van der Waals surface area contributed by atoms with Crippen LogP contribution >= 0.6 is 0 Å². The Bertz CT molecular complexity index is 696. The Morgan fingerprint density at radius 1 is 1.54 bits per heavy atom. The second-order valence-corrected chi connectivity index (χ2v) is 6.52. The first kappa shape index (κ1) is 20.2. The first-order valence-electron chi connectivity index (χ1n) is 8.84. The van der Waals surface area contributed by atoms with Crippen molar-refractivity contribution in [2.75, 3.05) is 20.3 Å². The van der Waals surface area contributed by atoms with Crippen molar-refractivity contribution in [3.8, 4) is 6.07 Å². The molecule has 0 aliphatic carbocycles. The van der Waals surface area contributed by atoms with E-state index in [4.69, 9.17) is 14.3 Å². The fraction of sp³-hybridized carbons (Fsp3) is 0.579. The van der Waals surface area contributed by atoms with Gasteiger partial charge in [-0.3, -0.25) is 4.79 Å². The highest BCUT2D eigenvalue weighted by Gasteiger charge is 2.19. The summed E-state index contributed by atoms with van der Waals surface area (Å²) < 4.78 is 12.8. The lowest BCUT2D eigenvalue weighted by molar-refractivity contribution is -0.198. The van der Waals surface area contributed by atoms with Crippen molar-refractivity contribution >= 4 is 12.0 Å². The summed E-state index contributed by atoms with van der Waals surface area (Å²) in [6.45, 7) is 7.22. The second-order valence-electron chi connectivity index (χ2n) is 6.52. The SMILES string of the molecule is COCC(C)n1c(C)cc(C=C(C#N)C(=O)NOC2CCCCO2)c1C. The molecule has 1 aliphatic heterocycles. The van der Waals surface area contributed by atoms with Gasteiger partial charge in [0.1, 0.15) is 11.6 Å². The van der Waals surface area contributed by atoms with Gasteiger partial charge in [-0.15, -0.1) is 0 Å². The Hall–Kier alpha value is -2.14. The molecule has 0 spiro atoms. The van der Waals surface area contributed by atoms with Crippen molar-refractivity contribution in [2.45, 2.75) is 52.4 Å². The highest BCUT2D eigenvalue weighted by atomic mass is 16.8. The van der Waals surface area contributed by atoms with E-state index in [2.05, 4.69) is 17.0 Å². The summed E-state index contributed by atoms with van der Waals surface area (Å²) in [5, 5.41) is 9.36. The third-order valence-electron chi connectivity index (χ3n) is 4.46. The average molecular weight is 361 g/mol. The van der Waals surface area contributed by atoms with Crippen LogP contribution in [-0.2, 0) is 19.1 Å². The van der Waals surface area contributed by atoms with E-state index in [1.807, 2.05) is 26.0 Å². The van der Waals surface area contributed by atoms with E-state index in [9.17, 15) is 10.1 Å². The molecule has 1 N–H and O–H groups in total. The zero-order valence-corrected chi connectivity index (χ0v) is 15.9. The number of ether oxygens (including phenoxy) is 2. The van der Waals surface area contributed by atoms with Gasteiger partial charge in [0.25, 0.3) is 5.91 Å². The molecule has 2 heterocycles. The average Bonchev–Trinajstić information content (AvgIpc) is 2.92. The summed E-state index contributed by atoms with van der Waals surface area (Å²) in [4.78, 5) is 17.5. The largest absolute Gasteiger partial charge is 0.383 e. The summed E-state index contributed by atoms with van der Waals surface area (Å²) in [5.74, 6) is -0.573. The molecule has 7 heteroatoms. The van der Waals surface area contributed by atoms with Crippen molar-refractivity contribution in [2.24, 2.45) is 0 Å². The number of methoxy groups -OCH3 is 1. The molecule has 1 aromatic rings. The molecule has 2 atom stereocenters. The molecule has 1 fully saturated rings. The maximum atomic E-state index is 12.3. The Kier molecular flexibility index (Phi) is 7.39. The van der Waals surface area contributed by atoms with E-state index < -0.39 is 12.2 Å². The minimum absolute atomic E-state index is 0.0135. The Balaban J connectivity index is 2.11. The highest BCUT2D eigenvalue weighted by Crippen LogP contribution is 2.23. The molecule has 1 aromatic heterocycles. The van der Waals surface area contributed by atoms with Gasteiger partial charge in [-0.1, -0.05) is 0 Å². The molecular formula is C19H27N3O4. The lowest BCUT2D eigenvalue weighted by Crippen LogP contribution is -2.33. The number of amides is 1. The van der Waals surface area contributed by atoms with Gasteiger partial charge in [0.2, 0.25) is 0 Å². The topological polar surface area (TPSA) is 85.5 Å². The van der Waals surface area contributed by atoms with Gasteiger partial charge in [0, 0.05) is 31.5 Å². The number of nitrogens with one attached hydrogen (secondary N) is 1. The fourth-order valence-electron chi connectivity index (χ4n) is 3.23. The smallest absolute Gasteiger partial charge is 0.285 e. The lowest BCUT2D eigenvalue weighted by Gasteiger charge is -2.21. The van der Waals surface area contributed by atoms with Gasteiger partial charge in [-0.2, -0.15) is 5.26 Å². The molecule has 2 unspecified atom stereocenters. The van der Waals surface area contributed by atoms with Crippen LogP contribution in [0.4, 0.5) is 0 Å². The predicted molar refractivity (Wildman–Crippen MR) is 96.9 cm³/mol. The molecule has 0 radical (unpaired) electrons. The molecule has 1 saturated heterocycles. The number of hydroxylamine groups is 1. The van der Waals surface area contributed by atoms with Crippen LogP contribution in [0.25, 0.3) is 6.08 Å². The van der Waals surface area contributed by atoms with Gasteiger partial charge in [-0.25, -0.2) is 10.3 Å². The molecule has 142 valence electrons. The number of carbonyl (C=O) groups excluding carboxylic acids is 1. The second kappa shape index (κ2) is 9.53. The van der Waals surface area contributed by atoms with Crippen molar-refractivity contribution in [3.63, 3.8) is 0 Å². The van der Waals surface area contributed by atoms with Crippen LogP contribution in [0.15, 0.2) is 11.6 Å². The maximum Gasteiger partial charge on any atom is 0.285 e. The molecule has 7 nitrogen and oxygen atoms in total. The molecular weight excluding hydrogens is 334 g/mol. The fourth-order valence-corrected chi connectivity index (χ4v) is 3.23. The van der Waals surface area contributed by atoms with E-state index in [0.29, 0.717) is 13.2 Å². The number of hydrogen-bond acceptors (Lipinski definition) is 5. The summed E-state index contributed by atoms with van der Waals surface area (Å²) in [5.41, 5.74) is 5.16. The molecule has 0 saturated carbocycles. The van der Waals surface area contributed by atoms with E-state index in [1.165, 1.54) is 0 Å². The van der Waals surface area contributed by atoms with Crippen LogP contribution in [-0.4, -0.2) is 37.1 Å². The zero-order valence-electron chi connectivity index (χ0n) is 15.9. The van der Waals surface area contributed by atoms with Crippen LogP contribution < -0.4 is 5.48 Å². The van der Waals surface area contributed by atoms with Gasteiger partial charge >= 0.3 is 0 Å². The molecule has 1 aliphatic rings. The summed E-state index contributed by atoms with van der Waals surface area (Å²) in [6, 6.07) is 4.06. The third-order valence-corrected chi connectivity index (χ3v) is 4.46. The molecule has 0 aromatic carbocycles. The Morgan fingerprint density at radius 2 is 2.31 bits per heavy atom. The zero-order chi connectivity index (χ0) is 19.1. The van der Waals surface area contributed by atoms with Gasteiger partial charge in [0.05, 0.1) is 12.6 Å². The quantitative estimate of drug-likeness (QED) is 0.458. The lowest BCUT2D eigenvalue weighted by atomic mass is 10.1. The number of aryl methyl sites for hydroxylation is 1. The molecule has 26 heavy (non-hydrogen) atoms. The third kappa shape index (κ3) is 4.94. The van der Waals surface area contributed by atoms with Crippen molar-refractivity contribution in [1.82, 2.24) is 10.0 Å². The van der Waals surface area contributed by atoms with Gasteiger partial charge < -0.3 is 14.0 Å². The Labute approximate surface area is 154 Å². The van der Waals surface area contributed by atoms with E-state index in [0.717, 1.165) is 36.2 Å². The Morgan fingerprint density at radius 3 is 2.92 bits per heavy atom. The number of nitriles is 1. The highest BCUT2D eigenvalue weighted by molar-refractivity contribution is 6.01.